The summed E-state index contributed by atoms with van der Waals surface area (Å²) in [5.41, 5.74) is 2.25. The molecule has 1 unspecified atom stereocenters. The average Bonchev–Trinajstić information content (AvgIpc) is 3.08. The fourth-order valence-electron chi connectivity index (χ4n) is 4.05. The first kappa shape index (κ1) is 19.1. The molecule has 1 aliphatic heterocycles. The number of nitrogens with zero attached hydrogens (tertiary/aromatic N) is 2. The maximum absolute atomic E-state index is 13.6. The molecule has 1 atom stereocenters. The number of aromatic nitrogens is 1. The fraction of sp³-hybridized carbons (Fsp3) is 0.160. The van der Waals surface area contributed by atoms with Gasteiger partial charge < -0.3 is 9.15 Å². The summed E-state index contributed by atoms with van der Waals surface area (Å²) in [6.07, 6.45) is 1.62. The number of rotatable bonds is 4. The minimum absolute atomic E-state index is 0.0610. The van der Waals surface area contributed by atoms with Gasteiger partial charge in [-0.25, -0.2) is 4.98 Å². The van der Waals surface area contributed by atoms with Gasteiger partial charge in [0.1, 0.15) is 17.2 Å². The van der Waals surface area contributed by atoms with E-state index in [2.05, 4.69) is 4.98 Å². The zero-order valence-corrected chi connectivity index (χ0v) is 17.2. The van der Waals surface area contributed by atoms with Crippen molar-refractivity contribution in [2.24, 2.45) is 0 Å². The van der Waals surface area contributed by atoms with Gasteiger partial charge in [0.2, 0.25) is 5.76 Å². The summed E-state index contributed by atoms with van der Waals surface area (Å²) in [6.45, 7) is 4.39. The lowest BCUT2D eigenvalue weighted by molar-refractivity contribution is 0.0970. The number of anilines is 1. The third-order valence-corrected chi connectivity index (χ3v) is 5.43. The molecule has 0 saturated carbocycles. The molecular formula is C25H20N2O4. The standard InChI is InChI=1S/C25H20N2O4/c1-3-30-17-10-8-16(9-11-17)22-21-23(28)18-14-15(2)7-12-19(18)31-24(21)25(29)27(22)20-6-4-5-13-26-20/h4-14,22H,3H2,1-2H3. The number of carbonyl (C=O) groups excluding carboxylic acids is 1. The van der Waals surface area contributed by atoms with Crippen LogP contribution in [0.3, 0.4) is 0 Å². The molecule has 0 N–H and O–H groups in total. The van der Waals surface area contributed by atoms with Gasteiger partial charge in [0.25, 0.3) is 5.91 Å². The molecule has 31 heavy (non-hydrogen) atoms. The highest BCUT2D eigenvalue weighted by Crippen LogP contribution is 2.40. The van der Waals surface area contributed by atoms with Crippen LogP contribution in [0.15, 0.2) is 76.1 Å². The van der Waals surface area contributed by atoms with Crippen LogP contribution in [0.1, 0.15) is 40.2 Å². The van der Waals surface area contributed by atoms with Gasteiger partial charge in [0.15, 0.2) is 5.43 Å². The number of amides is 1. The Kier molecular flexibility index (Phi) is 4.55. The molecule has 5 rings (SSSR count). The molecule has 154 valence electrons. The number of pyridine rings is 1. The lowest BCUT2D eigenvalue weighted by atomic mass is 9.98. The van der Waals surface area contributed by atoms with Gasteiger partial charge in [-0.15, -0.1) is 0 Å². The topological polar surface area (TPSA) is 72.6 Å². The maximum atomic E-state index is 13.6. The summed E-state index contributed by atoms with van der Waals surface area (Å²) in [7, 11) is 0. The molecule has 6 heteroatoms. The number of ether oxygens (including phenoxy) is 1. The van der Waals surface area contributed by atoms with E-state index in [9.17, 15) is 9.59 Å². The summed E-state index contributed by atoms with van der Waals surface area (Å²) < 4.78 is 11.5. The van der Waals surface area contributed by atoms with Crippen molar-refractivity contribution in [3.63, 3.8) is 0 Å². The van der Waals surface area contributed by atoms with Gasteiger partial charge in [-0.05, 0) is 55.8 Å². The molecule has 0 fully saturated rings. The van der Waals surface area contributed by atoms with Crippen LogP contribution in [0.4, 0.5) is 5.82 Å². The lowest BCUT2D eigenvalue weighted by Gasteiger charge is -2.24. The molecule has 4 aromatic rings. The van der Waals surface area contributed by atoms with Gasteiger partial charge in [0, 0.05) is 6.20 Å². The number of carbonyl (C=O) groups is 1. The van der Waals surface area contributed by atoms with Crippen LogP contribution < -0.4 is 15.1 Å². The number of aryl methyl sites for hydroxylation is 1. The minimum Gasteiger partial charge on any atom is -0.494 e. The molecule has 0 radical (unpaired) electrons. The second-order valence-electron chi connectivity index (χ2n) is 7.44. The molecule has 3 heterocycles. The predicted octanol–water partition coefficient (Wildman–Crippen LogP) is 4.64. The van der Waals surface area contributed by atoms with Crippen LogP contribution in [-0.2, 0) is 0 Å². The van der Waals surface area contributed by atoms with E-state index >= 15 is 0 Å². The maximum Gasteiger partial charge on any atom is 0.296 e. The summed E-state index contributed by atoms with van der Waals surface area (Å²) in [4.78, 5) is 32.9. The van der Waals surface area contributed by atoms with Crippen molar-refractivity contribution in [1.29, 1.82) is 0 Å². The van der Waals surface area contributed by atoms with Crippen molar-refractivity contribution in [3.05, 3.63) is 99.5 Å². The van der Waals surface area contributed by atoms with Gasteiger partial charge in [0.05, 0.1) is 23.6 Å². The Morgan fingerprint density at radius 3 is 2.58 bits per heavy atom. The highest BCUT2D eigenvalue weighted by atomic mass is 16.5. The molecule has 0 aliphatic carbocycles. The third kappa shape index (κ3) is 3.08. The first-order valence-electron chi connectivity index (χ1n) is 10.1. The number of fused-ring (bicyclic) bond motifs is 2. The molecule has 0 saturated heterocycles. The Morgan fingerprint density at radius 2 is 1.87 bits per heavy atom. The van der Waals surface area contributed by atoms with Gasteiger partial charge in [-0.3, -0.25) is 14.5 Å². The van der Waals surface area contributed by atoms with E-state index in [4.69, 9.17) is 9.15 Å². The van der Waals surface area contributed by atoms with Crippen LogP contribution in [0.2, 0.25) is 0 Å². The van der Waals surface area contributed by atoms with Crippen molar-refractivity contribution >= 4 is 22.7 Å². The molecule has 1 amide bonds. The van der Waals surface area contributed by atoms with Crippen molar-refractivity contribution < 1.29 is 13.9 Å². The van der Waals surface area contributed by atoms with Crippen LogP contribution in [-0.4, -0.2) is 17.5 Å². The average molecular weight is 412 g/mol. The van der Waals surface area contributed by atoms with Crippen LogP contribution in [0, 0.1) is 6.92 Å². The van der Waals surface area contributed by atoms with Crippen LogP contribution in [0.25, 0.3) is 11.0 Å². The van der Waals surface area contributed by atoms with E-state index in [1.54, 1.807) is 30.5 Å². The van der Waals surface area contributed by atoms with Gasteiger partial charge in [-0.1, -0.05) is 29.8 Å². The smallest absolute Gasteiger partial charge is 0.296 e. The highest BCUT2D eigenvalue weighted by Gasteiger charge is 2.44. The summed E-state index contributed by atoms with van der Waals surface area (Å²) >= 11 is 0. The van der Waals surface area contributed by atoms with E-state index < -0.39 is 6.04 Å². The number of hydrogen-bond acceptors (Lipinski definition) is 5. The minimum atomic E-state index is -0.644. The van der Waals surface area contributed by atoms with E-state index in [1.807, 2.05) is 50.2 Å². The van der Waals surface area contributed by atoms with Crippen molar-refractivity contribution in [2.75, 3.05) is 11.5 Å². The van der Waals surface area contributed by atoms with Crippen molar-refractivity contribution in [3.8, 4) is 5.75 Å². The van der Waals surface area contributed by atoms with Crippen molar-refractivity contribution in [1.82, 2.24) is 4.98 Å². The Hall–Kier alpha value is -3.93. The number of hydrogen-bond donors (Lipinski definition) is 0. The van der Waals surface area contributed by atoms with Crippen LogP contribution >= 0.6 is 0 Å². The quantitative estimate of drug-likeness (QED) is 0.488. The Bertz CT molecular complexity index is 1340. The Morgan fingerprint density at radius 1 is 1.06 bits per heavy atom. The molecule has 0 spiro atoms. The zero-order valence-electron chi connectivity index (χ0n) is 17.2. The molecule has 1 aliphatic rings. The van der Waals surface area contributed by atoms with E-state index in [0.717, 1.165) is 16.9 Å². The summed E-state index contributed by atoms with van der Waals surface area (Å²) in [6, 6.07) is 17.5. The number of benzene rings is 2. The lowest BCUT2D eigenvalue weighted by Crippen LogP contribution is -2.30. The molecule has 0 bridgehead atoms. The summed E-state index contributed by atoms with van der Waals surface area (Å²) in [5, 5.41) is 0.463. The van der Waals surface area contributed by atoms with E-state index in [0.29, 0.717) is 29.0 Å². The molecule has 6 nitrogen and oxygen atoms in total. The van der Waals surface area contributed by atoms with E-state index in [1.165, 1.54) is 4.90 Å². The zero-order chi connectivity index (χ0) is 21.5. The predicted molar refractivity (Wildman–Crippen MR) is 118 cm³/mol. The van der Waals surface area contributed by atoms with Gasteiger partial charge in [-0.2, -0.15) is 0 Å². The SMILES string of the molecule is CCOc1ccc(C2c3c(oc4ccc(C)cc4c3=O)C(=O)N2c2ccccn2)cc1. The normalized spacial score (nSPS) is 15.4. The van der Waals surface area contributed by atoms with Gasteiger partial charge >= 0.3 is 0 Å². The Balaban J connectivity index is 1.76. The second-order valence-corrected chi connectivity index (χ2v) is 7.44. The highest BCUT2D eigenvalue weighted by molar-refractivity contribution is 6.10. The molecule has 2 aromatic heterocycles. The molecular weight excluding hydrogens is 392 g/mol. The monoisotopic (exact) mass is 412 g/mol. The van der Waals surface area contributed by atoms with E-state index in [-0.39, 0.29) is 17.1 Å². The Labute approximate surface area is 178 Å². The second kappa shape index (κ2) is 7.40. The molecule has 2 aromatic carbocycles. The fourth-order valence-corrected chi connectivity index (χ4v) is 4.05. The largest absolute Gasteiger partial charge is 0.494 e. The van der Waals surface area contributed by atoms with Crippen LogP contribution in [0.5, 0.6) is 5.75 Å². The summed E-state index contributed by atoms with van der Waals surface area (Å²) in [5.74, 6) is 0.858. The third-order valence-electron chi connectivity index (χ3n) is 5.43. The first-order valence-corrected chi connectivity index (χ1v) is 10.1. The first-order chi connectivity index (χ1) is 15.1. The van der Waals surface area contributed by atoms with Crippen molar-refractivity contribution in [2.45, 2.75) is 19.9 Å².